The van der Waals surface area contributed by atoms with Gasteiger partial charge < -0.3 is 9.80 Å². The highest BCUT2D eigenvalue weighted by atomic mass is 16.2. The second kappa shape index (κ2) is 9.36. The maximum absolute atomic E-state index is 13.5. The number of aromatic nitrogens is 2. The fourth-order valence-electron chi connectivity index (χ4n) is 5.00. The van der Waals surface area contributed by atoms with E-state index in [0.29, 0.717) is 31.5 Å². The van der Waals surface area contributed by atoms with Gasteiger partial charge in [-0.15, -0.1) is 0 Å². The molecule has 170 valence electrons. The van der Waals surface area contributed by atoms with Crippen LogP contribution in [-0.2, 0) is 0 Å². The van der Waals surface area contributed by atoms with Crippen LogP contribution in [-0.4, -0.2) is 52.2 Å². The van der Waals surface area contributed by atoms with Gasteiger partial charge in [-0.1, -0.05) is 32.0 Å². The number of piperidine rings is 2. The molecule has 2 aromatic rings. The highest BCUT2D eigenvalue weighted by Crippen LogP contribution is 2.37. The van der Waals surface area contributed by atoms with Gasteiger partial charge in [-0.2, -0.15) is 10.4 Å². The summed E-state index contributed by atoms with van der Waals surface area (Å²) in [7, 11) is 0. The molecule has 6 heteroatoms. The van der Waals surface area contributed by atoms with Gasteiger partial charge >= 0.3 is 6.03 Å². The van der Waals surface area contributed by atoms with Gasteiger partial charge in [0.15, 0.2) is 0 Å². The molecule has 32 heavy (non-hydrogen) atoms. The van der Waals surface area contributed by atoms with Crippen molar-refractivity contribution in [3.8, 4) is 6.07 Å². The Morgan fingerprint density at radius 3 is 2.44 bits per heavy atom. The third-order valence-electron chi connectivity index (χ3n) is 7.32. The van der Waals surface area contributed by atoms with E-state index in [1.807, 2.05) is 9.80 Å². The van der Waals surface area contributed by atoms with Crippen LogP contribution < -0.4 is 0 Å². The molecule has 1 N–H and O–H groups in total. The third-order valence-corrected chi connectivity index (χ3v) is 7.32. The lowest BCUT2D eigenvalue weighted by Crippen LogP contribution is -2.51. The summed E-state index contributed by atoms with van der Waals surface area (Å²) in [5, 5.41) is 17.0. The van der Waals surface area contributed by atoms with Gasteiger partial charge in [-0.3, -0.25) is 5.10 Å². The van der Waals surface area contributed by atoms with Crippen LogP contribution >= 0.6 is 0 Å². The van der Waals surface area contributed by atoms with Gasteiger partial charge in [-0.25, -0.2) is 4.79 Å². The molecule has 2 aliphatic heterocycles. The molecule has 0 bridgehead atoms. The molecule has 1 aromatic carbocycles. The first kappa shape index (κ1) is 22.4. The number of amides is 2. The molecule has 2 aliphatic rings. The molecular formula is C26H35N5O. The molecule has 0 saturated carbocycles. The van der Waals surface area contributed by atoms with Gasteiger partial charge in [-0.05, 0) is 61.8 Å². The normalized spacial score (nSPS) is 22.2. The molecular weight excluding hydrogens is 398 g/mol. The standard InChI is InChI=1S/C26H35N5O/c1-17(2)24-13-25(29-28-24)23-12-22(21-6-5-18(3)19(4)11-21)15-31(16-23)26(32)30-9-7-20(14-27)8-10-30/h5-6,11,13,17,20,22-23H,7-10,12,15-16H2,1-4H3,(H,28,29). The minimum Gasteiger partial charge on any atom is -0.325 e. The summed E-state index contributed by atoms with van der Waals surface area (Å²) in [5.41, 5.74) is 6.10. The van der Waals surface area contributed by atoms with E-state index in [1.165, 1.54) is 16.7 Å². The summed E-state index contributed by atoms with van der Waals surface area (Å²) >= 11 is 0. The monoisotopic (exact) mass is 433 g/mol. The lowest BCUT2D eigenvalue weighted by atomic mass is 9.82. The highest BCUT2D eigenvalue weighted by molar-refractivity contribution is 5.75. The maximum atomic E-state index is 13.5. The van der Waals surface area contributed by atoms with Crippen molar-refractivity contribution in [3.63, 3.8) is 0 Å². The Bertz CT molecular complexity index is 996. The van der Waals surface area contributed by atoms with Gasteiger partial charge in [0.1, 0.15) is 0 Å². The van der Waals surface area contributed by atoms with Crippen LogP contribution in [0.5, 0.6) is 0 Å². The van der Waals surface area contributed by atoms with Crippen molar-refractivity contribution < 1.29 is 4.79 Å². The third kappa shape index (κ3) is 4.67. The molecule has 2 fully saturated rings. The number of carbonyl (C=O) groups excluding carboxylic acids is 1. The number of likely N-dealkylation sites (tertiary alicyclic amines) is 2. The van der Waals surface area contributed by atoms with Crippen molar-refractivity contribution in [1.82, 2.24) is 20.0 Å². The number of urea groups is 1. The average molecular weight is 434 g/mol. The smallest absolute Gasteiger partial charge is 0.320 e. The maximum Gasteiger partial charge on any atom is 0.320 e. The first-order valence-electron chi connectivity index (χ1n) is 11.9. The summed E-state index contributed by atoms with van der Waals surface area (Å²) < 4.78 is 0. The van der Waals surface area contributed by atoms with E-state index in [4.69, 9.17) is 0 Å². The SMILES string of the molecule is Cc1ccc(C2CC(c3cc(C(C)C)n[nH]3)CN(C(=O)N3CCC(C#N)CC3)C2)cc1C. The van der Waals surface area contributed by atoms with Crippen molar-refractivity contribution >= 4 is 6.03 Å². The summed E-state index contributed by atoms with van der Waals surface area (Å²) in [6.45, 7) is 11.4. The molecule has 4 rings (SSSR count). The van der Waals surface area contributed by atoms with Gasteiger partial charge in [0.25, 0.3) is 0 Å². The topological polar surface area (TPSA) is 76.0 Å². The molecule has 0 radical (unpaired) electrons. The average Bonchev–Trinajstić information content (AvgIpc) is 3.31. The van der Waals surface area contributed by atoms with E-state index < -0.39 is 0 Å². The van der Waals surface area contributed by atoms with Gasteiger partial charge in [0.2, 0.25) is 0 Å². The number of benzene rings is 1. The summed E-state index contributed by atoms with van der Waals surface area (Å²) in [5.74, 6) is 0.976. The van der Waals surface area contributed by atoms with E-state index in [1.54, 1.807) is 0 Å². The largest absolute Gasteiger partial charge is 0.325 e. The Morgan fingerprint density at radius 2 is 1.81 bits per heavy atom. The number of nitrogens with one attached hydrogen (secondary N) is 1. The Balaban J connectivity index is 1.58. The Hall–Kier alpha value is -2.81. The highest BCUT2D eigenvalue weighted by Gasteiger charge is 2.35. The van der Waals surface area contributed by atoms with E-state index in [2.05, 4.69) is 68.2 Å². The number of rotatable bonds is 3. The lowest BCUT2D eigenvalue weighted by Gasteiger charge is -2.41. The number of nitriles is 1. The minimum absolute atomic E-state index is 0.0795. The van der Waals surface area contributed by atoms with Crippen LogP contribution in [0.25, 0.3) is 0 Å². The van der Waals surface area contributed by atoms with Crippen LogP contribution in [0.15, 0.2) is 24.3 Å². The molecule has 0 spiro atoms. The first-order valence-corrected chi connectivity index (χ1v) is 11.9. The van der Waals surface area contributed by atoms with Crippen LogP contribution in [0.2, 0.25) is 0 Å². The van der Waals surface area contributed by atoms with E-state index in [-0.39, 0.29) is 17.9 Å². The van der Waals surface area contributed by atoms with E-state index >= 15 is 0 Å². The van der Waals surface area contributed by atoms with Crippen LogP contribution in [0.3, 0.4) is 0 Å². The fourth-order valence-corrected chi connectivity index (χ4v) is 5.00. The van der Waals surface area contributed by atoms with Crippen LogP contribution in [0.4, 0.5) is 4.79 Å². The zero-order valence-corrected chi connectivity index (χ0v) is 19.8. The van der Waals surface area contributed by atoms with E-state index in [9.17, 15) is 10.1 Å². The van der Waals surface area contributed by atoms with Crippen molar-refractivity contribution in [2.24, 2.45) is 5.92 Å². The summed E-state index contributed by atoms with van der Waals surface area (Å²) in [4.78, 5) is 17.5. The number of H-pyrrole nitrogens is 1. The van der Waals surface area contributed by atoms with Gasteiger partial charge in [0.05, 0.1) is 11.8 Å². The first-order chi connectivity index (χ1) is 15.4. The second-order valence-corrected chi connectivity index (χ2v) is 9.95. The summed E-state index contributed by atoms with van der Waals surface area (Å²) in [6.07, 6.45) is 2.55. The van der Waals surface area contributed by atoms with Crippen molar-refractivity contribution in [3.05, 3.63) is 52.3 Å². The van der Waals surface area contributed by atoms with Gasteiger partial charge in [0, 0.05) is 49.6 Å². The molecule has 2 saturated heterocycles. The number of carbonyl (C=O) groups is 1. The molecule has 6 nitrogen and oxygen atoms in total. The minimum atomic E-state index is 0.0795. The lowest BCUT2D eigenvalue weighted by molar-refractivity contribution is 0.120. The molecule has 2 amide bonds. The number of aromatic amines is 1. The fraction of sp³-hybridized carbons (Fsp3) is 0.577. The number of hydrogen-bond donors (Lipinski definition) is 1. The summed E-state index contributed by atoms with van der Waals surface area (Å²) in [6, 6.07) is 11.4. The van der Waals surface area contributed by atoms with Crippen LogP contribution in [0, 0.1) is 31.1 Å². The predicted octanol–water partition coefficient (Wildman–Crippen LogP) is 5.08. The Labute approximate surface area is 191 Å². The van der Waals surface area contributed by atoms with E-state index in [0.717, 1.165) is 37.2 Å². The number of nitrogens with zero attached hydrogens (tertiary/aromatic N) is 4. The zero-order chi connectivity index (χ0) is 22.8. The van der Waals surface area contributed by atoms with Crippen molar-refractivity contribution in [2.75, 3.05) is 26.2 Å². The Kier molecular flexibility index (Phi) is 6.55. The molecule has 2 unspecified atom stereocenters. The predicted molar refractivity (Wildman–Crippen MR) is 126 cm³/mol. The van der Waals surface area contributed by atoms with Crippen LogP contribution in [0.1, 0.15) is 78.9 Å². The molecule has 1 aromatic heterocycles. The quantitative estimate of drug-likeness (QED) is 0.733. The van der Waals surface area contributed by atoms with Crippen molar-refractivity contribution in [2.45, 2.75) is 64.7 Å². The Morgan fingerprint density at radius 1 is 1.09 bits per heavy atom. The molecule has 0 aliphatic carbocycles. The molecule has 2 atom stereocenters. The second-order valence-electron chi connectivity index (χ2n) is 9.95. The number of aryl methyl sites for hydroxylation is 2. The number of hydrogen-bond acceptors (Lipinski definition) is 3. The zero-order valence-electron chi connectivity index (χ0n) is 19.8. The van der Waals surface area contributed by atoms with Crippen molar-refractivity contribution in [1.29, 1.82) is 5.26 Å². The molecule has 3 heterocycles.